The largest absolute Gasteiger partial charge is 0.468 e. The van der Waals surface area contributed by atoms with E-state index in [1.807, 2.05) is 12.1 Å². The number of hydrogen-bond acceptors (Lipinski definition) is 3. The molecular formula is C14H26N2O. The summed E-state index contributed by atoms with van der Waals surface area (Å²) in [4.78, 5) is 2.41. The Hall–Kier alpha value is -0.800. The first-order chi connectivity index (χ1) is 8.10. The quantitative estimate of drug-likeness (QED) is 0.794. The molecule has 0 aliphatic rings. The van der Waals surface area contributed by atoms with Crippen molar-refractivity contribution >= 4 is 0 Å². The average molecular weight is 238 g/mol. The molecule has 98 valence electrons. The minimum atomic E-state index is 0.125. The zero-order valence-electron chi connectivity index (χ0n) is 11.5. The summed E-state index contributed by atoms with van der Waals surface area (Å²) in [5, 5.41) is 0. The van der Waals surface area contributed by atoms with E-state index in [4.69, 9.17) is 10.2 Å². The van der Waals surface area contributed by atoms with Crippen LogP contribution in [0.15, 0.2) is 22.8 Å². The molecule has 0 saturated heterocycles. The van der Waals surface area contributed by atoms with Crippen molar-refractivity contribution in [2.45, 2.75) is 46.2 Å². The molecule has 2 unspecified atom stereocenters. The highest BCUT2D eigenvalue weighted by molar-refractivity contribution is 5.07. The Labute approximate surface area is 105 Å². The average Bonchev–Trinajstić information content (AvgIpc) is 2.80. The Bertz CT molecular complexity index is 295. The summed E-state index contributed by atoms with van der Waals surface area (Å²) >= 11 is 0. The first-order valence-electron chi connectivity index (χ1n) is 6.63. The van der Waals surface area contributed by atoms with Crippen LogP contribution in [0, 0.1) is 5.92 Å². The molecule has 1 aromatic rings. The van der Waals surface area contributed by atoms with Gasteiger partial charge in [0.25, 0.3) is 0 Å². The van der Waals surface area contributed by atoms with Crippen LogP contribution in [-0.2, 0) is 0 Å². The van der Waals surface area contributed by atoms with Gasteiger partial charge in [0.2, 0.25) is 0 Å². The Morgan fingerprint density at radius 1 is 1.35 bits per heavy atom. The summed E-state index contributed by atoms with van der Waals surface area (Å²) in [7, 11) is 0. The molecule has 0 amide bonds. The number of hydrogen-bond donors (Lipinski definition) is 1. The first kappa shape index (κ1) is 14.3. The predicted molar refractivity (Wildman–Crippen MR) is 71.8 cm³/mol. The maximum atomic E-state index is 6.26. The third kappa shape index (κ3) is 3.86. The topological polar surface area (TPSA) is 42.4 Å². The maximum Gasteiger partial charge on any atom is 0.122 e. The second-order valence-electron chi connectivity index (χ2n) is 5.01. The van der Waals surface area contributed by atoms with Gasteiger partial charge in [-0.2, -0.15) is 0 Å². The fourth-order valence-corrected chi connectivity index (χ4v) is 2.25. The van der Waals surface area contributed by atoms with E-state index in [-0.39, 0.29) is 12.1 Å². The molecular weight excluding hydrogens is 212 g/mol. The van der Waals surface area contributed by atoms with Crippen LogP contribution in [0.2, 0.25) is 0 Å². The van der Waals surface area contributed by atoms with Gasteiger partial charge in [-0.1, -0.05) is 27.7 Å². The molecule has 2 atom stereocenters. The van der Waals surface area contributed by atoms with Crippen molar-refractivity contribution in [1.82, 2.24) is 4.90 Å². The smallest absolute Gasteiger partial charge is 0.122 e. The van der Waals surface area contributed by atoms with E-state index in [9.17, 15) is 0 Å². The van der Waals surface area contributed by atoms with Crippen LogP contribution >= 0.6 is 0 Å². The monoisotopic (exact) mass is 238 g/mol. The summed E-state index contributed by atoms with van der Waals surface area (Å²) in [5.41, 5.74) is 6.26. The molecule has 0 saturated carbocycles. The Balaban J connectivity index is 2.88. The lowest BCUT2D eigenvalue weighted by molar-refractivity contribution is 0.139. The molecule has 2 N–H and O–H groups in total. The molecule has 17 heavy (non-hydrogen) atoms. The number of likely N-dealkylation sites (N-methyl/N-ethyl adjacent to an activating group) is 1. The third-order valence-corrected chi connectivity index (χ3v) is 3.11. The molecule has 0 aliphatic heterocycles. The van der Waals surface area contributed by atoms with Crippen LogP contribution in [-0.4, -0.2) is 24.0 Å². The summed E-state index contributed by atoms with van der Waals surface area (Å²) < 4.78 is 5.56. The Morgan fingerprint density at radius 3 is 2.47 bits per heavy atom. The summed E-state index contributed by atoms with van der Waals surface area (Å²) in [6.45, 7) is 10.8. The van der Waals surface area contributed by atoms with E-state index in [0.29, 0.717) is 5.92 Å². The van der Waals surface area contributed by atoms with Crippen molar-refractivity contribution in [3.8, 4) is 0 Å². The van der Waals surface area contributed by atoms with Crippen molar-refractivity contribution in [3.63, 3.8) is 0 Å². The number of nitrogens with zero attached hydrogens (tertiary/aromatic N) is 1. The molecule has 3 heteroatoms. The fourth-order valence-electron chi connectivity index (χ4n) is 2.25. The van der Waals surface area contributed by atoms with Crippen LogP contribution in [0.4, 0.5) is 0 Å². The van der Waals surface area contributed by atoms with Crippen LogP contribution in [0.25, 0.3) is 0 Å². The lowest BCUT2D eigenvalue weighted by Gasteiger charge is -2.34. The molecule has 1 heterocycles. The highest BCUT2D eigenvalue weighted by atomic mass is 16.3. The Kier molecular flexibility index (Phi) is 5.72. The molecule has 0 bridgehead atoms. The minimum absolute atomic E-state index is 0.125. The minimum Gasteiger partial charge on any atom is -0.468 e. The zero-order chi connectivity index (χ0) is 12.8. The van der Waals surface area contributed by atoms with Crippen molar-refractivity contribution in [2.24, 2.45) is 11.7 Å². The van der Waals surface area contributed by atoms with Crippen molar-refractivity contribution in [3.05, 3.63) is 24.2 Å². The summed E-state index contributed by atoms with van der Waals surface area (Å²) in [6, 6.07) is 4.29. The van der Waals surface area contributed by atoms with Crippen molar-refractivity contribution in [2.75, 3.05) is 13.1 Å². The van der Waals surface area contributed by atoms with Crippen LogP contribution in [0.1, 0.15) is 45.9 Å². The predicted octanol–water partition coefficient (Wildman–Crippen LogP) is 3.04. The van der Waals surface area contributed by atoms with Gasteiger partial charge in [-0.15, -0.1) is 0 Å². The lowest BCUT2D eigenvalue weighted by atomic mass is 10.0. The standard InChI is InChI=1S/C14H26N2O/c1-5-12(15)14(13-8-7-9-17-13)16(6-2)10-11(3)4/h7-9,11-12,14H,5-6,10,15H2,1-4H3. The van der Waals surface area contributed by atoms with Gasteiger partial charge in [-0.05, 0) is 31.0 Å². The molecule has 0 spiro atoms. The lowest BCUT2D eigenvalue weighted by Crippen LogP contribution is -2.42. The fraction of sp³-hybridized carbons (Fsp3) is 0.714. The van der Waals surface area contributed by atoms with Crippen LogP contribution < -0.4 is 5.73 Å². The normalized spacial score (nSPS) is 15.5. The van der Waals surface area contributed by atoms with E-state index < -0.39 is 0 Å². The van der Waals surface area contributed by atoms with E-state index in [1.165, 1.54) is 0 Å². The van der Waals surface area contributed by atoms with Gasteiger partial charge in [0.1, 0.15) is 5.76 Å². The van der Waals surface area contributed by atoms with Gasteiger partial charge in [0, 0.05) is 12.6 Å². The van der Waals surface area contributed by atoms with E-state index in [2.05, 4.69) is 32.6 Å². The maximum absolute atomic E-state index is 6.26. The number of furan rings is 1. The molecule has 0 radical (unpaired) electrons. The van der Waals surface area contributed by atoms with E-state index in [0.717, 1.165) is 25.3 Å². The van der Waals surface area contributed by atoms with Gasteiger partial charge in [-0.25, -0.2) is 0 Å². The molecule has 0 aromatic carbocycles. The highest BCUT2D eigenvalue weighted by Crippen LogP contribution is 2.26. The second-order valence-corrected chi connectivity index (χ2v) is 5.01. The zero-order valence-corrected chi connectivity index (χ0v) is 11.5. The SMILES string of the molecule is CCC(N)C(c1ccco1)N(CC)CC(C)C. The van der Waals surface area contributed by atoms with Gasteiger partial charge in [0.15, 0.2) is 0 Å². The molecule has 0 fully saturated rings. The number of nitrogens with two attached hydrogens (primary N) is 1. The van der Waals surface area contributed by atoms with Crippen molar-refractivity contribution in [1.29, 1.82) is 0 Å². The molecule has 3 nitrogen and oxygen atoms in total. The summed E-state index contributed by atoms with van der Waals surface area (Å²) in [6.07, 6.45) is 2.69. The van der Waals surface area contributed by atoms with Gasteiger partial charge >= 0.3 is 0 Å². The van der Waals surface area contributed by atoms with E-state index in [1.54, 1.807) is 6.26 Å². The van der Waals surface area contributed by atoms with Gasteiger partial charge in [-0.3, -0.25) is 4.90 Å². The third-order valence-electron chi connectivity index (χ3n) is 3.11. The first-order valence-corrected chi connectivity index (χ1v) is 6.63. The van der Waals surface area contributed by atoms with Gasteiger partial charge < -0.3 is 10.2 Å². The van der Waals surface area contributed by atoms with Crippen LogP contribution in [0.5, 0.6) is 0 Å². The van der Waals surface area contributed by atoms with E-state index >= 15 is 0 Å². The number of rotatable bonds is 7. The molecule has 0 aliphatic carbocycles. The van der Waals surface area contributed by atoms with Crippen LogP contribution in [0.3, 0.4) is 0 Å². The molecule has 1 aromatic heterocycles. The molecule has 1 rings (SSSR count). The highest BCUT2D eigenvalue weighted by Gasteiger charge is 2.27. The Morgan fingerprint density at radius 2 is 2.06 bits per heavy atom. The van der Waals surface area contributed by atoms with Crippen molar-refractivity contribution < 1.29 is 4.42 Å². The summed E-state index contributed by atoms with van der Waals surface area (Å²) in [5.74, 6) is 1.62. The van der Waals surface area contributed by atoms with Gasteiger partial charge in [0.05, 0.1) is 12.3 Å². The second kappa shape index (κ2) is 6.82.